The Balaban J connectivity index is 0.000000160. The van der Waals surface area contributed by atoms with Crippen molar-refractivity contribution in [2.75, 3.05) is 0 Å². The molecule has 2 N–H and O–H groups in total. The van der Waals surface area contributed by atoms with E-state index in [0.717, 1.165) is 11.8 Å². The van der Waals surface area contributed by atoms with Crippen molar-refractivity contribution in [2.45, 2.75) is 38.5 Å². The van der Waals surface area contributed by atoms with Gasteiger partial charge in [0.05, 0.1) is 0 Å². The molecule has 3 aliphatic carbocycles. The molecular weight excluding hydrogens is 208 g/mol. The molecule has 0 unspecified atom stereocenters. The normalized spacial score (nSPS) is 27.2. The number of carbonyl (C=O) groups is 2. The molecule has 0 radical (unpaired) electrons. The lowest BCUT2D eigenvalue weighted by Crippen LogP contribution is -2.21. The lowest BCUT2D eigenvalue weighted by Gasteiger charge is -2.35. The van der Waals surface area contributed by atoms with Crippen LogP contribution in [-0.2, 0) is 9.59 Å². The summed E-state index contributed by atoms with van der Waals surface area (Å²) in [6.07, 6.45) is 10.5. The smallest absolute Gasteiger partial charge is 0.328 e. The Morgan fingerprint density at radius 1 is 0.750 bits per heavy atom. The third-order valence-corrected chi connectivity index (χ3v) is 3.32. The van der Waals surface area contributed by atoms with E-state index in [1.54, 1.807) is 38.5 Å². The second-order valence-electron chi connectivity index (χ2n) is 4.47. The molecule has 0 aliphatic heterocycles. The zero-order valence-electron chi connectivity index (χ0n) is 9.26. The minimum Gasteiger partial charge on any atom is -0.478 e. The fourth-order valence-corrected chi connectivity index (χ4v) is 2.42. The molecule has 3 fully saturated rings. The third-order valence-electron chi connectivity index (χ3n) is 3.32. The fourth-order valence-electron chi connectivity index (χ4n) is 2.42. The topological polar surface area (TPSA) is 74.6 Å². The third kappa shape index (κ3) is 4.96. The van der Waals surface area contributed by atoms with E-state index in [1.807, 2.05) is 0 Å². The molecular formula is C12H18O4. The van der Waals surface area contributed by atoms with Gasteiger partial charge < -0.3 is 10.2 Å². The summed E-state index contributed by atoms with van der Waals surface area (Å²) in [5.74, 6) is -0.209. The molecule has 0 aromatic carbocycles. The first-order valence-corrected chi connectivity index (χ1v) is 5.72. The molecule has 0 spiro atoms. The fraction of sp³-hybridized carbons (Fsp3) is 0.667. The molecule has 90 valence electrons. The van der Waals surface area contributed by atoms with Crippen molar-refractivity contribution in [1.82, 2.24) is 0 Å². The zero-order valence-corrected chi connectivity index (χ0v) is 9.26. The zero-order chi connectivity index (χ0) is 12.0. The number of fused-ring (bicyclic) bond motifs is 3. The minimum atomic E-state index is -1.26. The van der Waals surface area contributed by atoms with Crippen LogP contribution in [0.1, 0.15) is 38.5 Å². The van der Waals surface area contributed by atoms with E-state index < -0.39 is 11.9 Å². The summed E-state index contributed by atoms with van der Waals surface area (Å²) in [6, 6.07) is 0. The predicted molar refractivity (Wildman–Crippen MR) is 59.1 cm³/mol. The van der Waals surface area contributed by atoms with Gasteiger partial charge in [-0.2, -0.15) is 0 Å². The Labute approximate surface area is 95.0 Å². The van der Waals surface area contributed by atoms with E-state index in [-0.39, 0.29) is 0 Å². The number of hydrogen-bond acceptors (Lipinski definition) is 2. The predicted octanol–water partition coefficient (Wildman–Crippen LogP) is 2.30. The Bertz CT molecular complexity index is 236. The molecule has 0 saturated heterocycles. The molecule has 0 aromatic rings. The van der Waals surface area contributed by atoms with Crippen LogP contribution in [0.5, 0.6) is 0 Å². The minimum absolute atomic E-state index is 0.558. The number of rotatable bonds is 2. The SMILES string of the molecule is C1CC2CCC1CC2.O=C(O)/C=C\C(=O)O. The molecule has 2 bridgehead atoms. The number of carboxylic acid groups (broad SMARTS) is 2. The second-order valence-corrected chi connectivity index (χ2v) is 4.47. The second kappa shape index (κ2) is 6.30. The van der Waals surface area contributed by atoms with Crippen LogP contribution in [0, 0.1) is 11.8 Å². The summed E-state index contributed by atoms with van der Waals surface area (Å²) in [6.45, 7) is 0. The highest BCUT2D eigenvalue weighted by Crippen LogP contribution is 2.40. The molecule has 3 aliphatic rings. The quantitative estimate of drug-likeness (QED) is 0.708. The van der Waals surface area contributed by atoms with Gasteiger partial charge in [0.2, 0.25) is 0 Å². The van der Waals surface area contributed by atoms with Crippen molar-refractivity contribution in [1.29, 1.82) is 0 Å². The first-order valence-electron chi connectivity index (χ1n) is 5.72. The van der Waals surface area contributed by atoms with Gasteiger partial charge in [-0.15, -0.1) is 0 Å². The first-order chi connectivity index (χ1) is 7.58. The van der Waals surface area contributed by atoms with Crippen LogP contribution in [0.15, 0.2) is 12.2 Å². The highest BCUT2D eigenvalue weighted by molar-refractivity contribution is 5.89. The van der Waals surface area contributed by atoms with Crippen molar-refractivity contribution < 1.29 is 19.8 Å². The van der Waals surface area contributed by atoms with Gasteiger partial charge in [0, 0.05) is 12.2 Å². The average Bonchev–Trinajstić information content (AvgIpc) is 2.30. The summed E-state index contributed by atoms with van der Waals surface area (Å²) < 4.78 is 0. The lowest BCUT2D eigenvalue weighted by molar-refractivity contribution is -0.134. The van der Waals surface area contributed by atoms with Crippen LogP contribution in [0.3, 0.4) is 0 Å². The highest BCUT2D eigenvalue weighted by atomic mass is 16.4. The average molecular weight is 226 g/mol. The highest BCUT2D eigenvalue weighted by Gasteiger charge is 2.26. The van der Waals surface area contributed by atoms with Crippen LogP contribution >= 0.6 is 0 Å². The maximum Gasteiger partial charge on any atom is 0.328 e. The van der Waals surface area contributed by atoms with Crippen molar-refractivity contribution in [3.63, 3.8) is 0 Å². The molecule has 0 amide bonds. The van der Waals surface area contributed by atoms with E-state index in [1.165, 1.54) is 0 Å². The van der Waals surface area contributed by atoms with Gasteiger partial charge in [-0.25, -0.2) is 9.59 Å². The van der Waals surface area contributed by atoms with Gasteiger partial charge in [0.1, 0.15) is 0 Å². The van der Waals surface area contributed by atoms with Crippen LogP contribution in [0.25, 0.3) is 0 Å². The molecule has 3 saturated carbocycles. The van der Waals surface area contributed by atoms with Crippen LogP contribution in [0.4, 0.5) is 0 Å². The Hall–Kier alpha value is -1.32. The summed E-state index contributed by atoms with van der Waals surface area (Å²) >= 11 is 0. The summed E-state index contributed by atoms with van der Waals surface area (Å²) in [4.78, 5) is 19.1. The van der Waals surface area contributed by atoms with Crippen molar-refractivity contribution in [2.24, 2.45) is 11.8 Å². The number of hydrogen-bond donors (Lipinski definition) is 2. The van der Waals surface area contributed by atoms with Gasteiger partial charge >= 0.3 is 11.9 Å². The molecule has 0 heterocycles. The first kappa shape index (κ1) is 12.7. The van der Waals surface area contributed by atoms with E-state index >= 15 is 0 Å². The van der Waals surface area contributed by atoms with Gasteiger partial charge in [-0.05, 0) is 11.8 Å². The standard InChI is InChI=1S/C8H14.C4H4O4/c1-2-8-5-3-7(1)4-6-8;5-3(6)1-2-4(7)8/h7-8H,1-6H2;1-2H,(H,5,6)(H,7,8)/b;2-1-. The monoisotopic (exact) mass is 226 g/mol. The van der Waals surface area contributed by atoms with E-state index in [2.05, 4.69) is 0 Å². The van der Waals surface area contributed by atoms with Gasteiger partial charge in [-0.3, -0.25) is 0 Å². The van der Waals surface area contributed by atoms with Gasteiger partial charge in [0.15, 0.2) is 0 Å². The van der Waals surface area contributed by atoms with Crippen LogP contribution in [0.2, 0.25) is 0 Å². The molecule has 4 heteroatoms. The van der Waals surface area contributed by atoms with E-state index in [4.69, 9.17) is 10.2 Å². The molecule has 0 aromatic heterocycles. The largest absolute Gasteiger partial charge is 0.478 e. The van der Waals surface area contributed by atoms with Gasteiger partial charge in [-0.1, -0.05) is 38.5 Å². The molecule has 0 atom stereocenters. The van der Waals surface area contributed by atoms with Gasteiger partial charge in [0.25, 0.3) is 0 Å². The number of aliphatic carboxylic acids is 2. The maximum absolute atomic E-state index is 9.55. The summed E-state index contributed by atoms with van der Waals surface area (Å²) in [7, 11) is 0. The summed E-state index contributed by atoms with van der Waals surface area (Å²) in [5, 5.41) is 15.6. The van der Waals surface area contributed by atoms with Crippen LogP contribution in [-0.4, -0.2) is 22.2 Å². The van der Waals surface area contributed by atoms with Crippen molar-refractivity contribution >= 4 is 11.9 Å². The Morgan fingerprint density at radius 2 is 1.00 bits per heavy atom. The van der Waals surface area contributed by atoms with E-state index in [9.17, 15) is 9.59 Å². The summed E-state index contributed by atoms with van der Waals surface area (Å²) in [5.41, 5.74) is 0. The van der Waals surface area contributed by atoms with Crippen LogP contribution < -0.4 is 0 Å². The maximum atomic E-state index is 9.55. The molecule has 4 nitrogen and oxygen atoms in total. The van der Waals surface area contributed by atoms with Crippen molar-refractivity contribution in [3.8, 4) is 0 Å². The Morgan fingerprint density at radius 3 is 1.12 bits per heavy atom. The Kier molecular flexibility index (Phi) is 5.02. The molecule has 3 rings (SSSR count). The van der Waals surface area contributed by atoms with E-state index in [0.29, 0.717) is 12.2 Å². The number of carboxylic acids is 2. The molecule has 16 heavy (non-hydrogen) atoms. The lowest BCUT2D eigenvalue weighted by atomic mass is 9.71. The van der Waals surface area contributed by atoms with Crippen molar-refractivity contribution in [3.05, 3.63) is 12.2 Å².